The molecule has 0 fully saturated rings. The smallest absolute Gasteiger partial charge is 0.160 e. The van der Waals surface area contributed by atoms with Crippen molar-refractivity contribution in [1.29, 1.82) is 5.26 Å². The number of rotatable bonds is 2. The summed E-state index contributed by atoms with van der Waals surface area (Å²) in [6.45, 7) is 3.90. The Balaban J connectivity index is 2.57. The van der Waals surface area contributed by atoms with E-state index in [0.29, 0.717) is 16.5 Å². The van der Waals surface area contributed by atoms with Gasteiger partial charge < -0.3 is 0 Å². The number of hydrogen-bond acceptors (Lipinski definition) is 3. The zero-order chi connectivity index (χ0) is 13.1. The quantitative estimate of drug-likeness (QED) is 0.827. The topological polar surface area (TPSA) is 49.6 Å². The molecule has 0 aliphatic rings. The number of halogens is 1. The van der Waals surface area contributed by atoms with E-state index in [1.807, 2.05) is 26.0 Å². The Labute approximate surface area is 111 Å². The molecule has 1 heterocycles. The molecule has 0 atom stereocenters. The van der Waals surface area contributed by atoms with E-state index in [-0.39, 0.29) is 0 Å². The zero-order valence-electron chi connectivity index (χ0n) is 10.2. The third-order valence-corrected chi connectivity index (χ3v) is 3.03. The van der Waals surface area contributed by atoms with Gasteiger partial charge in [-0.1, -0.05) is 18.5 Å². The molecule has 2 rings (SSSR count). The van der Waals surface area contributed by atoms with Gasteiger partial charge in [-0.2, -0.15) is 5.26 Å². The van der Waals surface area contributed by atoms with E-state index in [2.05, 4.69) is 16.0 Å². The second-order valence-corrected chi connectivity index (χ2v) is 4.37. The summed E-state index contributed by atoms with van der Waals surface area (Å²) >= 11 is 5.84. The van der Waals surface area contributed by atoms with Crippen molar-refractivity contribution in [3.63, 3.8) is 0 Å². The van der Waals surface area contributed by atoms with Crippen LogP contribution in [0.4, 0.5) is 0 Å². The van der Waals surface area contributed by atoms with Crippen LogP contribution < -0.4 is 0 Å². The third-order valence-electron chi connectivity index (χ3n) is 2.78. The maximum absolute atomic E-state index is 9.13. The normalized spacial score (nSPS) is 10.1. The molecule has 3 nitrogen and oxygen atoms in total. The van der Waals surface area contributed by atoms with Crippen molar-refractivity contribution in [2.45, 2.75) is 20.3 Å². The van der Waals surface area contributed by atoms with Gasteiger partial charge in [0.2, 0.25) is 0 Å². The van der Waals surface area contributed by atoms with E-state index in [9.17, 15) is 0 Å². The van der Waals surface area contributed by atoms with Crippen LogP contribution in [-0.4, -0.2) is 9.97 Å². The third kappa shape index (κ3) is 2.34. The zero-order valence-corrected chi connectivity index (χ0v) is 11.0. The van der Waals surface area contributed by atoms with Gasteiger partial charge in [-0.15, -0.1) is 0 Å². The van der Waals surface area contributed by atoms with Crippen molar-refractivity contribution in [2.75, 3.05) is 0 Å². The number of nitrogens with zero attached hydrogens (tertiary/aromatic N) is 3. The summed E-state index contributed by atoms with van der Waals surface area (Å²) in [6.07, 6.45) is 0.760. The lowest BCUT2D eigenvalue weighted by Gasteiger charge is -2.07. The molecular weight excluding hydrogens is 246 g/mol. The van der Waals surface area contributed by atoms with Crippen LogP contribution in [0.1, 0.15) is 23.9 Å². The van der Waals surface area contributed by atoms with Crippen LogP contribution in [0.3, 0.4) is 0 Å². The standard InChI is InChI=1S/C14H12ClN3/c1-3-12-9(2)17-14(18-13(12)8-16)10-4-6-11(15)7-5-10/h4-7H,3H2,1-2H3. The van der Waals surface area contributed by atoms with E-state index in [1.165, 1.54) is 0 Å². The summed E-state index contributed by atoms with van der Waals surface area (Å²) < 4.78 is 0. The minimum Gasteiger partial charge on any atom is -0.233 e. The molecule has 0 radical (unpaired) electrons. The average Bonchev–Trinajstić information content (AvgIpc) is 2.38. The van der Waals surface area contributed by atoms with Crippen LogP contribution in [-0.2, 0) is 6.42 Å². The molecule has 0 aliphatic heterocycles. The first kappa shape index (κ1) is 12.5. The highest BCUT2D eigenvalue weighted by Gasteiger charge is 2.10. The predicted molar refractivity (Wildman–Crippen MR) is 71.3 cm³/mol. The fourth-order valence-electron chi connectivity index (χ4n) is 1.84. The van der Waals surface area contributed by atoms with E-state index in [4.69, 9.17) is 16.9 Å². The van der Waals surface area contributed by atoms with Crippen molar-refractivity contribution < 1.29 is 0 Å². The van der Waals surface area contributed by atoms with Gasteiger partial charge in [0, 0.05) is 21.8 Å². The molecule has 1 aromatic carbocycles. The Morgan fingerprint density at radius 1 is 1.22 bits per heavy atom. The molecule has 18 heavy (non-hydrogen) atoms. The van der Waals surface area contributed by atoms with Crippen molar-refractivity contribution in [2.24, 2.45) is 0 Å². The van der Waals surface area contributed by atoms with Gasteiger partial charge in [0.1, 0.15) is 11.8 Å². The summed E-state index contributed by atoms with van der Waals surface area (Å²) in [7, 11) is 0. The lowest BCUT2D eigenvalue weighted by atomic mass is 10.1. The van der Waals surface area contributed by atoms with Crippen LogP contribution in [0.15, 0.2) is 24.3 Å². The highest BCUT2D eigenvalue weighted by molar-refractivity contribution is 6.30. The predicted octanol–water partition coefficient (Wildman–Crippen LogP) is 3.54. The summed E-state index contributed by atoms with van der Waals surface area (Å²) in [6, 6.07) is 9.41. The minimum absolute atomic E-state index is 0.454. The Kier molecular flexibility index (Phi) is 3.59. The Morgan fingerprint density at radius 2 is 1.89 bits per heavy atom. The molecule has 0 saturated heterocycles. The first-order valence-electron chi connectivity index (χ1n) is 5.69. The fourth-order valence-corrected chi connectivity index (χ4v) is 1.97. The highest BCUT2D eigenvalue weighted by Crippen LogP contribution is 2.21. The van der Waals surface area contributed by atoms with Gasteiger partial charge in [0.05, 0.1) is 0 Å². The maximum Gasteiger partial charge on any atom is 0.160 e. The molecule has 0 spiro atoms. The number of aromatic nitrogens is 2. The van der Waals surface area contributed by atoms with Crippen LogP contribution in [0.25, 0.3) is 11.4 Å². The first-order chi connectivity index (χ1) is 8.65. The van der Waals surface area contributed by atoms with Gasteiger partial charge >= 0.3 is 0 Å². The Morgan fingerprint density at radius 3 is 2.44 bits per heavy atom. The number of nitriles is 1. The average molecular weight is 258 g/mol. The maximum atomic E-state index is 9.13. The van der Waals surface area contributed by atoms with Crippen molar-refractivity contribution in [1.82, 2.24) is 9.97 Å². The van der Waals surface area contributed by atoms with Gasteiger partial charge in [-0.05, 0) is 37.6 Å². The lowest BCUT2D eigenvalue weighted by Crippen LogP contribution is -2.02. The molecule has 0 N–H and O–H groups in total. The van der Waals surface area contributed by atoms with Crippen molar-refractivity contribution in [3.8, 4) is 17.5 Å². The molecule has 0 aliphatic carbocycles. The van der Waals surface area contributed by atoms with E-state index < -0.39 is 0 Å². The largest absolute Gasteiger partial charge is 0.233 e. The number of hydrogen-bond donors (Lipinski definition) is 0. The second-order valence-electron chi connectivity index (χ2n) is 3.93. The summed E-state index contributed by atoms with van der Waals surface area (Å²) in [5, 5.41) is 9.80. The monoisotopic (exact) mass is 257 g/mol. The van der Waals surface area contributed by atoms with E-state index in [0.717, 1.165) is 23.2 Å². The van der Waals surface area contributed by atoms with Gasteiger partial charge in [-0.3, -0.25) is 0 Å². The summed E-state index contributed by atoms with van der Waals surface area (Å²) in [4.78, 5) is 8.75. The van der Waals surface area contributed by atoms with Gasteiger partial charge in [0.15, 0.2) is 5.82 Å². The van der Waals surface area contributed by atoms with Crippen LogP contribution >= 0.6 is 11.6 Å². The number of aryl methyl sites for hydroxylation is 1. The summed E-state index contributed by atoms with van der Waals surface area (Å²) in [5.74, 6) is 0.568. The molecule has 0 bridgehead atoms. The molecule has 0 amide bonds. The highest BCUT2D eigenvalue weighted by atomic mass is 35.5. The Bertz CT molecular complexity index is 612. The molecule has 1 aromatic heterocycles. The lowest BCUT2D eigenvalue weighted by molar-refractivity contribution is 0.985. The molecule has 0 unspecified atom stereocenters. The van der Waals surface area contributed by atoms with E-state index >= 15 is 0 Å². The van der Waals surface area contributed by atoms with Crippen LogP contribution in [0.5, 0.6) is 0 Å². The number of benzene rings is 1. The van der Waals surface area contributed by atoms with Crippen molar-refractivity contribution in [3.05, 3.63) is 46.2 Å². The van der Waals surface area contributed by atoms with E-state index in [1.54, 1.807) is 12.1 Å². The molecular formula is C14H12ClN3. The van der Waals surface area contributed by atoms with Crippen LogP contribution in [0.2, 0.25) is 5.02 Å². The SMILES string of the molecule is CCc1c(C)nc(-c2ccc(Cl)cc2)nc1C#N. The fraction of sp³-hybridized carbons (Fsp3) is 0.214. The minimum atomic E-state index is 0.454. The van der Waals surface area contributed by atoms with Crippen LogP contribution in [0, 0.1) is 18.3 Å². The molecule has 0 saturated carbocycles. The summed E-state index contributed by atoms with van der Waals surface area (Å²) in [5.41, 5.74) is 3.08. The van der Waals surface area contributed by atoms with Gasteiger partial charge in [-0.25, -0.2) is 9.97 Å². The molecule has 2 aromatic rings. The first-order valence-corrected chi connectivity index (χ1v) is 6.07. The Hall–Kier alpha value is -1.92. The van der Waals surface area contributed by atoms with Gasteiger partial charge in [0.25, 0.3) is 0 Å². The van der Waals surface area contributed by atoms with Crippen molar-refractivity contribution >= 4 is 11.6 Å². The molecule has 4 heteroatoms. The second kappa shape index (κ2) is 5.16. The molecule has 90 valence electrons.